The fourth-order valence-corrected chi connectivity index (χ4v) is 2.04. The number of hydrogen-bond donors (Lipinski definition) is 1. The van der Waals surface area contributed by atoms with E-state index in [1.807, 2.05) is 0 Å². The van der Waals surface area contributed by atoms with Crippen LogP contribution in [0.4, 0.5) is 0 Å². The zero-order chi connectivity index (χ0) is 7.19. The van der Waals surface area contributed by atoms with Crippen LogP contribution >= 0.6 is 0 Å². The van der Waals surface area contributed by atoms with Gasteiger partial charge in [0.2, 0.25) is 0 Å². The van der Waals surface area contributed by atoms with Crippen LogP contribution < -0.4 is 5.32 Å². The van der Waals surface area contributed by atoms with Crippen LogP contribution in [0.15, 0.2) is 0 Å². The Hall–Kier alpha value is -0.0800. The number of ether oxygens (including phenoxy) is 1. The summed E-state index contributed by atoms with van der Waals surface area (Å²) in [6.45, 7) is 7.76. The second-order valence-electron chi connectivity index (χ2n) is 4.10. The molecule has 2 nitrogen and oxygen atoms in total. The first-order chi connectivity index (χ1) is 4.70. The summed E-state index contributed by atoms with van der Waals surface area (Å²) in [5.74, 6) is 0.757. The summed E-state index contributed by atoms with van der Waals surface area (Å²) in [5.41, 5.74) is 0.411. The highest BCUT2D eigenvalue weighted by molar-refractivity contribution is 4.96. The van der Waals surface area contributed by atoms with Gasteiger partial charge < -0.3 is 10.1 Å². The molecule has 0 radical (unpaired) electrons. The summed E-state index contributed by atoms with van der Waals surface area (Å²) in [7, 11) is 0. The van der Waals surface area contributed by atoms with Crippen molar-refractivity contribution in [2.45, 2.75) is 20.0 Å². The second-order valence-corrected chi connectivity index (χ2v) is 4.10. The molecule has 58 valence electrons. The quantitative estimate of drug-likeness (QED) is 0.534. The van der Waals surface area contributed by atoms with Gasteiger partial charge in [0.1, 0.15) is 0 Å². The predicted octanol–water partition coefficient (Wildman–Crippen LogP) is 0.631. The first kappa shape index (κ1) is 6.62. The van der Waals surface area contributed by atoms with Crippen LogP contribution in [0.2, 0.25) is 0 Å². The van der Waals surface area contributed by atoms with E-state index in [9.17, 15) is 0 Å². The Labute approximate surface area is 61.9 Å². The molecule has 2 heterocycles. The molecule has 2 fully saturated rings. The van der Waals surface area contributed by atoms with E-state index in [1.165, 1.54) is 0 Å². The highest BCUT2D eigenvalue weighted by atomic mass is 16.5. The normalized spacial score (nSPS) is 43.8. The lowest BCUT2D eigenvalue weighted by Gasteiger charge is -2.22. The first-order valence-corrected chi connectivity index (χ1v) is 4.02. The maximum absolute atomic E-state index is 5.63. The zero-order valence-electron chi connectivity index (χ0n) is 6.68. The monoisotopic (exact) mass is 141 g/mol. The molecule has 0 spiro atoms. The van der Waals surface area contributed by atoms with E-state index >= 15 is 0 Å². The smallest absolute Gasteiger partial charge is 0.0745 e. The van der Waals surface area contributed by atoms with Crippen LogP contribution in [0.1, 0.15) is 13.8 Å². The van der Waals surface area contributed by atoms with Crippen LogP contribution in [-0.4, -0.2) is 25.8 Å². The predicted molar refractivity (Wildman–Crippen MR) is 39.9 cm³/mol. The van der Waals surface area contributed by atoms with Crippen molar-refractivity contribution in [3.8, 4) is 0 Å². The molecule has 0 aliphatic carbocycles. The molecule has 0 aromatic rings. The van der Waals surface area contributed by atoms with Crippen molar-refractivity contribution in [2.75, 3.05) is 19.7 Å². The van der Waals surface area contributed by atoms with Crippen LogP contribution in [0, 0.1) is 11.3 Å². The lowest BCUT2D eigenvalue weighted by molar-refractivity contribution is 0.104. The van der Waals surface area contributed by atoms with E-state index < -0.39 is 0 Å². The number of nitrogens with one attached hydrogen (secondary N) is 1. The van der Waals surface area contributed by atoms with Gasteiger partial charge in [-0.3, -0.25) is 0 Å². The van der Waals surface area contributed by atoms with Crippen molar-refractivity contribution in [1.82, 2.24) is 5.32 Å². The highest BCUT2D eigenvalue weighted by Crippen LogP contribution is 2.39. The van der Waals surface area contributed by atoms with E-state index in [1.54, 1.807) is 0 Å². The van der Waals surface area contributed by atoms with Gasteiger partial charge in [-0.25, -0.2) is 0 Å². The summed E-state index contributed by atoms with van der Waals surface area (Å²) in [4.78, 5) is 0. The SMILES string of the molecule is CC1(C)CO[C@H]2CNC[C@H]21. The molecule has 2 heteroatoms. The Morgan fingerprint density at radius 3 is 2.90 bits per heavy atom. The minimum atomic E-state index is 0.411. The van der Waals surface area contributed by atoms with Crippen LogP contribution in [0.5, 0.6) is 0 Å². The van der Waals surface area contributed by atoms with Crippen molar-refractivity contribution in [3.63, 3.8) is 0 Å². The second kappa shape index (κ2) is 1.95. The Morgan fingerprint density at radius 1 is 1.40 bits per heavy atom. The molecular formula is C8H15NO. The Balaban J connectivity index is 2.16. The molecule has 2 atom stereocenters. The van der Waals surface area contributed by atoms with Crippen molar-refractivity contribution in [2.24, 2.45) is 11.3 Å². The van der Waals surface area contributed by atoms with Gasteiger partial charge in [0.25, 0.3) is 0 Å². The van der Waals surface area contributed by atoms with Gasteiger partial charge in [0.15, 0.2) is 0 Å². The van der Waals surface area contributed by atoms with Gasteiger partial charge in [0.05, 0.1) is 12.7 Å². The van der Waals surface area contributed by atoms with Gasteiger partial charge in [0, 0.05) is 19.0 Å². The molecule has 0 unspecified atom stereocenters. The van der Waals surface area contributed by atoms with Crippen molar-refractivity contribution < 1.29 is 4.74 Å². The average Bonchev–Trinajstić information content (AvgIpc) is 2.36. The third-order valence-electron chi connectivity index (χ3n) is 2.83. The van der Waals surface area contributed by atoms with Gasteiger partial charge in [-0.2, -0.15) is 0 Å². The minimum Gasteiger partial charge on any atom is -0.376 e. The summed E-state index contributed by atoms with van der Waals surface area (Å²) < 4.78 is 5.63. The van der Waals surface area contributed by atoms with E-state index in [0.29, 0.717) is 11.5 Å². The van der Waals surface area contributed by atoms with Gasteiger partial charge >= 0.3 is 0 Å². The maximum atomic E-state index is 5.63. The summed E-state index contributed by atoms with van der Waals surface area (Å²) in [6.07, 6.45) is 0.509. The van der Waals surface area contributed by atoms with E-state index in [0.717, 1.165) is 25.6 Å². The number of rotatable bonds is 0. The minimum absolute atomic E-state index is 0.411. The third-order valence-corrected chi connectivity index (χ3v) is 2.83. The number of fused-ring (bicyclic) bond motifs is 1. The molecule has 0 amide bonds. The highest BCUT2D eigenvalue weighted by Gasteiger charge is 2.45. The van der Waals surface area contributed by atoms with Crippen molar-refractivity contribution in [3.05, 3.63) is 0 Å². The fraction of sp³-hybridized carbons (Fsp3) is 1.00. The lowest BCUT2D eigenvalue weighted by Crippen LogP contribution is -2.26. The van der Waals surface area contributed by atoms with Crippen LogP contribution in [-0.2, 0) is 4.74 Å². The largest absolute Gasteiger partial charge is 0.376 e. The van der Waals surface area contributed by atoms with Gasteiger partial charge in [-0.05, 0) is 5.41 Å². The molecule has 1 N–H and O–H groups in total. The molecule has 2 rings (SSSR count). The number of hydrogen-bond acceptors (Lipinski definition) is 2. The van der Waals surface area contributed by atoms with E-state index in [-0.39, 0.29) is 0 Å². The molecule has 2 aliphatic rings. The van der Waals surface area contributed by atoms with Crippen molar-refractivity contribution in [1.29, 1.82) is 0 Å². The molecule has 0 aromatic heterocycles. The molecule has 2 aliphatic heterocycles. The van der Waals surface area contributed by atoms with E-state index in [4.69, 9.17) is 4.74 Å². The molecule has 0 saturated carbocycles. The molecule has 10 heavy (non-hydrogen) atoms. The molecule has 0 aromatic carbocycles. The lowest BCUT2D eigenvalue weighted by atomic mass is 9.80. The zero-order valence-corrected chi connectivity index (χ0v) is 6.68. The summed E-state index contributed by atoms with van der Waals surface area (Å²) in [5, 5.41) is 3.35. The van der Waals surface area contributed by atoms with Crippen molar-refractivity contribution >= 4 is 0 Å². The Kier molecular flexibility index (Phi) is 1.29. The molecule has 0 bridgehead atoms. The summed E-state index contributed by atoms with van der Waals surface area (Å²) in [6, 6.07) is 0. The third kappa shape index (κ3) is 0.789. The Bertz CT molecular complexity index is 144. The van der Waals surface area contributed by atoms with Crippen LogP contribution in [0.3, 0.4) is 0 Å². The maximum Gasteiger partial charge on any atom is 0.0745 e. The van der Waals surface area contributed by atoms with Gasteiger partial charge in [-0.15, -0.1) is 0 Å². The van der Waals surface area contributed by atoms with Crippen LogP contribution in [0.25, 0.3) is 0 Å². The van der Waals surface area contributed by atoms with Gasteiger partial charge in [-0.1, -0.05) is 13.8 Å². The first-order valence-electron chi connectivity index (χ1n) is 4.02. The van der Waals surface area contributed by atoms with E-state index in [2.05, 4.69) is 19.2 Å². The standard InChI is InChI=1S/C8H15NO/c1-8(2)5-10-7-4-9-3-6(7)8/h6-7,9H,3-5H2,1-2H3/t6-,7+/m1/s1. The molecule has 2 saturated heterocycles. The Morgan fingerprint density at radius 2 is 2.20 bits per heavy atom. The summed E-state index contributed by atoms with van der Waals surface area (Å²) >= 11 is 0. The fourth-order valence-electron chi connectivity index (χ4n) is 2.04. The molecular weight excluding hydrogens is 126 g/mol. The topological polar surface area (TPSA) is 21.3 Å². The average molecular weight is 141 g/mol.